The number of likely N-dealkylation sites (N-methyl/N-ethyl adjacent to an activating group) is 1. The monoisotopic (exact) mass is 268 g/mol. The number of nitrogens with zero attached hydrogens (tertiary/aromatic N) is 4. The average molecular weight is 268 g/mol. The van der Waals surface area contributed by atoms with Crippen molar-refractivity contribution in [3.8, 4) is 0 Å². The predicted octanol–water partition coefficient (Wildman–Crippen LogP) is 1.71. The Hall–Kier alpha value is -0.980. The van der Waals surface area contributed by atoms with Crippen molar-refractivity contribution in [2.24, 2.45) is 0 Å². The van der Waals surface area contributed by atoms with Crippen LogP contribution in [0.3, 0.4) is 0 Å². The minimum absolute atomic E-state index is 0.0582. The molecule has 0 amide bonds. The average Bonchev–Trinajstić information content (AvgIpc) is 3.05. The maximum atomic E-state index is 9.34. The van der Waals surface area contributed by atoms with Gasteiger partial charge in [-0.1, -0.05) is 12.2 Å². The van der Waals surface area contributed by atoms with Crippen LogP contribution >= 0.6 is 12.2 Å². The lowest BCUT2D eigenvalue weighted by Gasteiger charge is -2.15. The second kappa shape index (κ2) is 5.34. The van der Waals surface area contributed by atoms with Gasteiger partial charge in [0.2, 0.25) is 0 Å². The minimum atomic E-state index is -0.0582. The van der Waals surface area contributed by atoms with Crippen molar-refractivity contribution in [2.45, 2.75) is 39.1 Å². The third kappa shape index (κ3) is 2.88. The zero-order valence-electron chi connectivity index (χ0n) is 11.0. The van der Waals surface area contributed by atoms with E-state index >= 15 is 0 Å². The lowest BCUT2D eigenvalue weighted by Crippen LogP contribution is -2.24. The molecular weight excluding hydrogens is 248 g/mol. The molecule has 2 rings (SSSR count). The SMILES string of the molecule is C=C(C)CN(C)Cn1nc(CO)n(C2CC2)c1=S. The molecule has 5 nitrogen and oxygen atoms in total. The van der Waals surface area contributed by atoms with Gasteiger partial charge in [0.1, 0.15) is 6.61 Å². The first-order valence-corrected chi connectivity index (χ1v) is 6.55. The highest BCUT2D eigenvalue weighted by Gasteiger charge is 2.28. The highest BCUT2D eigenvalue weighted by atomic mass is 32.1. The molecule has 1 aromatic heterocycles. The van der Waals surface area contributed by atoms with Gasteiger partial charge >= 0.3 is 0 Å². The van der Waals surface area contributed by atoms with Gasteiger partial charge in [-0.2, -0.15) is 5.10 Å². The molecule has 0 radical (unpaired) electrons. The molecule has 1 heterocycles. The Labute approximate surface area is 112 Å². The highest BCUT2D eigenvalue weighted by Crippen LogP contribution is 2.36. The Morgan fingerprint density at radius 1 is 1.61 bits per heavy atom. The number of hydrogen-bond acceptors (Lipinski definition) is 4. The molecule has 1 N–H and O–H groups in total. The van der Waals surface area contributed by atoms with Crippen LogP contribution in [0.1, 0.15) is 31.6 Å². The van der Waals surface area contributed by atoms with Gasteiger partial charge in [0, 0.05) is 12.6 Å². The lowest BCUT2D eigenvalue weighted by atomic mass is 10.3. The van der Waals surface area contributed by atoms with Crippen LogP contribution in [0.2, 0.25) is 0 Å². The van der Waals surface area contributed by atoms with Gasteiger partial charge in [0.25, 0.3) is 0 Å². The van der Waals surface area contributed by atoms with Gasteiger partial charge in [0.05, 0.1) is 6.67 Å². The molecule has 0 saturated heterocycles. The van der Waals surface area contributed by atoms with E-state index in [0.29, 0.717) is 23.3 Å². The molecule has 100 valence electrons. The summed E-state index contributed by atoms with van der Waals surface area (Å²) in [6.07, 6.45) is 2.27. The van der Waals surface area contributed by atoms with E-state index in [9.17, 15) is 5.11 Å². The number of rotatable bonds is 6. The molecule has 18 heavy (non-hydrogen) atoms. The first kappa shape index (κ1) is 13.5. The summed E-state index contributed by atoms with van der Waals surface area (Å²) in [6, 6.07) is 0.444. The molecule has 0 aromatic carbocycles. The summed E-state index contributed by atoms with van der Waals surface area (Å²) >= 11 is 5.43. The molecular formula is C12H20N4OS. The van der Waals surface area contributed by atoms with E-state index in [2.05, 4.69) is 16.6 Å². The number of aromatic nitrogens is 3. The summed E-state index contributed by atoms with van der Waals surface area (Å²) in [5.74, 6) is 0.672. The molecule has 1 aliphatic rings. The van der Waals surface area contributed by atoms with E-state index in [4.69, 9.17) is 12.2 Å². The van der Waals surface area contributed by atoms with Gasteiger partial charge in [-0.25, -0.2) is 4.68 Å². The number of hydrogen-bond donors (Lipinski definition) is 1. The summed E-state index contributed by atoms with van der Waals surface area (Å²) in [7, 11) is 2.01. The van der Waals surface area contributed by atoms with Gasteiger partial charge in [0.15, 0.2) is 10.6 Å². The molecule has 1 fully saturated rings. The van der Waals surface area contributed by atoms with Crippen LogP contribution in [0.25, 0.3) is 0 Å². The third-order valence-electron chi connectivity index (χ3n) is 2.91. The maximum Gasteiger partial charge on any atom is 0.199 e. The summed E-state index contributed by atoms with van der Waals surface area (Å²) in [5.41, 5.74) is 1.10. The van der Waals surface area contributed by atoms with Crippen molar-refractivity contribution in [1.29, 1.82) is 0 Å². The van der Waals surface area contributed by atoms with Crippen molar-refractivity contribution in [3.05, 3.63) is 22.7 Å². The van der Waals surface area contributed by atoms with Crippen molar-refractivity contribution in [2.75, 3.05) is 13.6 Å². The van der Waals surface area contributed by atoms with E-state index in [1.54, 1.807) is 4.68 Å². The summed E-state index contributed by atoms with van der Waals surface area (Å²) in [4.78, 5) is 2.10. The highest BCUT2D eigenvalue weighted by molar-refractivity contribution is 7.71. The molecule has 1 aliphatic carbocycles. The normalized spacial score (nSPS) is 15.3. The standard InChI is InChI=1S/C12H20N4OS/c1-9(2)6-14(3)8-15-12(18)16(10-4-5-10)11(7-17)13-15/h10,17H,1,4-8H2,2-3H3. The molecule has 0 atom stereocenters. The van der Waals surface area contributed by atoms with Gasteiger partial charge in [-0.15, -0.1) is 0 Å². The first-order valence-electron chi connectivity index (χ1n) is 6.15. The lowest BCUT2D eigenvalue weighted by molar-refractivity contribution is 0.254. The maximum absolute atomic E-state index is 9.34. The molecule has 1 saturated carbocycles. The van der Waals surface area contributed by atoms with Gasteiger partial charge in [-0.05, 0) is 39.0 Å². The van der Waals surface area contributed by atoms with Crippen LogP contribution in [-0.2, 0) is 13.3 Å². The Balaban J connectivity index is 2.18. The fraction of sp³-hybridized carbons (Fsp3) is 0.667. The smallest absolute Gasteiger partial charge is 0.199 e. The van der Waals surface area contributed by atoms with Crippen molar-refractivity contribution >= 4 is 12.2 Å². The van der Waals surface area contributed by atoms with Crippen molar-refractivity contribution < 1.29 is 5.11 Å². The predicted molar refractivity (Wildman–Crippen MR) is 72.7 cm³/mol. The van der Waals surface area contributed by atoms with Crippen LogP contribution in [0.5, 0.6) is 0 Å². The van der Waals surface area contributed by atoms with Crippen LogP contribution in [0.4, 0.5) is 0 Å². The van der Waals surface area contributed by atoms with E-state index in [1.165, 1.54) is 0 Å². The van der Waals surface area contributed by atoms with E-state index in [1.807, 2.05) is 18.5 Å². The second-order valence-electron chi connectivity index (χ2n) is 5.07. The van der Waals surface area contributed by atoms with E-state index < -0.39 is 0 Å². The topological polar surface area (TPSA) is 46.2 Å². The molecule has 0 aliphatic heterocycles. The quantitative estimate of drug-likeness (QED) is 0.630. The number of aliphatic hydroxyl groups excluding tert-OH is 1. The Kier molecular flexibility index (Phi) is 3.99. The zero-order valence-corrected chi connectivity index (χ0v) is 11.8. The van der Waals surface area contributed by atoms with Crippen LogP contribution in [0.15, 0.2) is 12.2 Å². The van der Waals surface area contributed by atoms with E-state index in [-0.39, 0.29) is 6.61 Å². The first-order chi connectivity index (χ1) is 8.52. The van der Waals surface area contributed by atoms with E-state index in [0.717, 1.165) is 25.0 Å². The van der Waals surface area contributed by atoms with Crippen LogP contribution in [-0.4, -0.2) is 37.9 Å². The molecule has 0 unspecified atom stereocenters. The number of aliphatic hydroxyl groups is 1. The Bertz CT molecular complexity index is 501. The third-order valence-corrected chi connectivity index (χ3v) is 3.32. The summed E-state index contributed by atoms with van der Waals surface area (Å²) in [5, 5.41) is 13.7. The van der Waals surface area contributed by atoms with Crippen LogP contribution < -0.4 is 0 Å². The Morgan fingerprint density at radius 2 is 2.28 bits per heavy atom. The second-order valence-corrected chi connectivity index (χ2v) is 5.44. The summed E-state index contributed by atoms with van der Waals surface area (Å²) < 4.78 is 4.47. The Morgan fingerprint density at radius 3 is 2.78 bits per heavy atom. The molecule has 1 aromatic rings. The fourth-order valence-corrected chi connectivity index (χ4v) is 2.46. The molecule has 6 heteroatoms. The van der Waals surface area contributed by atoms with Gasteiger partial charge < -0.3 is 5.11 Å². The van der Waals surface area contributed by atoms with Crippen molar-refractivity contribution in [1.82, 2.24) is 19.2 Å². The fourth-order valence-electron chi connectivity index (χ4n) is 2.10. The minimum Gasteiger partial charge on any atom is -0.388 e. The van der Waals surface area contributed by atoms with Crippen molar-refractivity contribution in [3.63, 3.8) is 0 Å². The summed E-state index contributed by atoms with van der Waals surface area (Å²) in [6.45, 7) is 7.27. The van der Waals surface area contributed by atoms with Gasteiger partial charge in [-0.3, -0.25) is 9.47 Å². The largest absolute Gasteiger partial charge is 0.388 e. The molecule has 0 bridgehead atoms. The zero-order chi connectivity index (χ0) is 13.3. The molecule has 0 spiro atoms. The van der Waals surface area contributed by atoms with Crippen LogP contribution in [0, 0.1) is 4.77 Å².